The highest BCUT2D eigenvalue weighted by atomic mass is 16.5. The van der Waals surface area contributed by atoms with Crippen LogP contribution in [0.2, 0.25) is 0 Å². The number of amides is 1. The lowest BCUT2D eigenvalue weighted by atomic mass is 10.2. The summed E-state index contributed by atoms with van der Waals surface area (Å²) in [6.45, 7) is 4.77. The van der Waals surface area contributed by atoms with Crippen molar-refractivity contribution < 1.29 is 9.53 Å². The van der Waals surface area contributed by atoms with Gasteiger partial charge < -0.3 is 10.1 Å². The fourth-order valence-electron chi connectivity index (χ4n) is 3.09. The van der Waals surface area contributed by atoms with Crippen molar-refractivity contribution in [2.45, 2.75) is 20.4 Å². The molecule has 0 bridgehead atoms. The van der Waals surface area contributed by atoms with Gasteiger partial charge in [-0.2, -0.15) is 10.2 Å². The number of nitrogens with one attached hydrogen (secondary N) is 1. The zero-order chi connectivity index (χ0) is 19.7. The van der Waals surface area contributed by atoms with Crippen molar-refractivity contribution in [1.29, 1.82) is 0 Å². The third kappa shape index (κ3) is 3.09. The van der Waals surface area contributed by atoms with E-state index in [1.54, 1.807) is 30.0 Å². The smallest absolute Gasteiger partial charge is 0.261 e. The highest BCUT2D eigenvalue weighted by Crippen LogP contribution is 2.24. The van der Waals surface area contributed by atoms with Gasteiger partial charge in [0.2, 0.25) is 0 Å². The Morgan fingerprint density at radius 2 is 2.14 bits per heavy atom. The van der Waals surface area contributed by atoms with Crippen LogP contribution in [-0.4, -0.2) is 37.4 Å². The maximum Gasteiger partial charge on any atom is 0.261 e. The lowest BCUT2D eigenvalue weighted by molar-refractivity contribution is 0.102. The Kier molecular flexibility index (Phi) is 4.52. The number of carbonyl (C=O) groups is 1. The zero-order valence-corrected chi connectivity index (χ0v) is 15.9. The Morgan fingerprint density at radius 3 is 2.89 bits per heavy atom. The summed E-state index contributed by atoms with van der Waals surface area (Å²) in [6, 6.07) is 9.05. The van der Waals surface area contributed by atoms with Crippen molar-refractivity contribution in [1.82, 2.24) is 24.4 Å². The van der Waals surface area contributed by atoms with Crippen molar-refractivity contribution in [2.75, 3.05) is 12.4 Å². The Labute approximate surface area is 161 Å². The Balaban J connectivity index is 1.71. The van der Waals surface area contributed by atoms with Crippen LogP contribution in [0.5, 0.6) is 5.75 Å². The molecule has 4 rings (SSSR count). The molecule has 3 aromatic heterocycles. The third-order valence-electron chi connectivity index (χ3n) is 4.52. The molecule has 0 aliphatic rings. The zero-order valence-electron chi connectivity index (χ0n) is 15.9. The van der Waals surface area contributed by atoms with E-state index in [1.165, 1.54) is 6.20 Å². The fraction of sp³-hybridized carbons (Fsp3) is 0.200. The van der Waals surface area contributed by atoms with E-state index in [2.05, 4.69) is 20.5 Å². The molecule has 1 aromatic carbocycles. The Hall–Kier alpha value is -3.68. The molecule has 0 spiro atoms. The summed E-state index contributed by atoms with van der Waals surface area (Å²) in [5, 5.41) is 11.8. The van der Waals surface area contributed by atoms with E-state index in [1.807, 2.05) is 42.9 Å². The molecule has 1 amide bonds. The normalized spacial score (nSPS) is 11.0. The number of anilines is 1. The maximum atomic E-state index is 12.8. The van der Waals surface area contributed by atoms with Crippen LogP contribution in [0.15, 0.2) is 48.9 Å². The molecule has 0 aliphatic heterocycles. The summed E-state index contributed by atoms with van der Waals surface area (Å²) in [7, 11) is 1.58. The number of aromatic nitrogens is 5. The number of hydrogen-bond acceptors (Lipinski definition) is 5. The molecule has 0 atom stereocenters. The fourth-order valence-corrected chi connectivity index (χ4v) is 3.09. The van der Waals surface area contributed by atoms with E-state index in [9.17, 15) is 4.79 Å². The van der Waals surface area contributed by atoms with Gasteiger partial charge in [-0.25, -0.2) is 9.50 Å². The molecule has 0 unspecified atom stereocenters. The lowest BCUT2D eigenvalue weighted by Crippen LogP contribution is -2.12. The molecule has 3 heterocycles. The van der Waals surface area contributed by atoms with Crippen LogP contribution in [0.4, 0.5) is 5.69 Å². The highest BCUT2D eigenvalue weighted by molar-refractivity contribution is 6.08. The number of carbonyl (C=O) groups excluding carboxylic acids is 1. The van der Waals surface area contributed by atoms with Gasteiger partial charge in [0, 0.05) is 36.3 Å². The number of fused-ring (bicyclic) bond motifs is 1. The summed E-state index contributed by atoms with van der Waals surface area (Å²) in [4.78, 5) is 17.2. The minimum Gasteiger partial charge on any atom is -0.497 e. The molecule has 0 radical (unpaired) electrons. The average molecular weight is 376 g/mol. The minimum atomic E-state index is -0.283. The molecular weight excluding hydrogens is 356 g/mol. The van der Waals surface area contributed by atoms with Crippen LogP contribution in [0.25, 0.3) is 16.9 Å². The van der Waals surface area contributed by atoms with Crippen LogP contribution < -0.4 is 10.1 Å². The molecular formula is C20H20N6O2. The SMILES string of the molecule is CCn1cc(-c2ccnc3c(C(=O)Nc4cccc(OC)c4)cnn23)c(C)n1. The van der Waals surface area contributed by atoms with E-state index in [4.69, 9.17) is 4.74 Å². The molecule has 4 aromatic rings. The molecule has 142 valence electrons. The van der Waals surface area contributed by atoms with Crippen molar-refractivity contribution >= 4 is 17.2 Å². The van der Waals surface area contributed by atoms with Crippen molar-refractivity contribution in [3.05, 3.63) is 60.2 Å². The van der Waals surface area contributed by atoms with E-state index < -0.39 is 0 Å². The number of hydrogen-bond donors (Lipinski definition) is 1. The largest absolute Gasteiger partial charge is 0.497 e. The molecule has 0 saturated carbocycles. The molecule has 8 heteroatoms. The summed E-state index contributed by atoms with van der Waals surface area (Å²) in [5.74, 6) is 0.385. The van der Waals surface area contributed by atoms with E-state index in [-0.39, 0.29) is 5.91 Å². The van der Waals surface area contributed by atoms with E-state index in [0.29, 0.717) is 22.6 Å². The topological polar surface area (TPSA) is 86.3 Å². The van der Waals surface area contributed by atoms with Gasteiger partial charge in [-0.05, 0) is 32.0 Å². The number of rotatable bonds is 5. The van der Waals surface area contributed by atoms with Crippen LogP contribution in [-0.2, 0) is 6.54 Å². The predicted molar refractivity (Wildman–Crippen MR) is 106 cm³/mol. The van der Waals surface area contributed by atoms with Crippen LogP contribution in [0.1, 0.15) is 23.0 Å². The first-order chi connectivity index (χ1) is 13.6. The number of ether oxygens (including phenoxy) is 1. The standard InChI is InChI=1S/C20H20N6O2/c1-4-25-12-17(13(2)24-25)18-8-9-21-19-16(11-22-26(18)19)20(27)23-14-6-5-7-15(10-14)28-3/h5-12H,4H2,1-3H3,(H,23,27). The van der Waals surface area contributed by atoms with E-state index >= 15 is 0 Å². The minimum absolute atomic E-state index is 0.283. The van der Waals surface area contributed by atoms with Gasteiger partial charge in [-0.1, -0.05) is 6.07 Å². The second-order valence-corrected chi connectivity index (χ2v) is 6.29. The van der Waals surface area contributed by atoms with Gasteiger partial charge >= 0.3 is 0 Å². The number of aryl methyl sites for hydroxylation is 2. The first kappa shape index (κ1) is 17.7. The van der Waals surface area contributed by atoms with Crippen molar-refractivity contribution in [2.24, 2.45) is 0 Å². The Morgan fingerprint density at radius 1 is 1.29 bits per heavy atom. The van der Waals surface area contributed by atoms with Gasteiger partial charge in [-0.15, -0.1) is 0 Å². The summed E-state index contributed by atoms with van der Waals surface area (Å²) in [5.41, 5.74) is 4.21. The quantitative estimate of drug-likeness (QED) is 0.578. The van der Waals surface area contributed by atoms with Crippen LogP contribution in [0, 0.1) is 6.92 Å². The molecule has 8 nitrogen and oxygen atoms in total. The molecule has 0 fully saturated rings. The molecule has 0 saturated heterocycles. The van der Waals surface area contributed by atoms with Gasteiger partial charge in [0.25, 0.3) is 5.91 Å². The van der Waals surface area contributed by atoms with Crippen molar-refractivity contribution in [3.63, 3.8) is 0 Å². The van der Waals surface area contributed by atoms with Crippen molar-refractivity contribution in [3.8, 4) is 17.0 Å². The van der Waals surface area contributed by atoms with Gasteiger partial charge in [0.1, 0.15) is 11.3 Å². The second kappa shape index (κ2) is 7.15. The monoisotopic (exact) mass is 376 g/mol. The summed E-state index contributed by atoms with van der Waals surface area (Å²) < 4.78 is 8.74. The molecule has 28 heavy (non-hydrogen) atoms. The molecule has 1 N–H and O–H groups in total. The highest BCUT2D eigenvalue weighted by Gasteiger charge is 2.18. The second-order valence-electron chi connectivity index (χ2n) is 6.29. The number of nitrogens with zero attached hydrogens (tertiary/aromatic N) is 5. The third-order valence-corrected chi connectivity index (χ3v) is 4.52. The average Bonchev–Trinajstić information content (AvgIpc) is 3.31. The van der Waals surface area contributed by atoms with E-state index in [0.717, 1.165) is 23.5 Å². The van der Waals surface area contributed by atoms with Crippen LogP contribution >= 0.6 is 0 Å². The molecule has 0 aliphatic carbocycles. The van der Waals surface area contributed by atoms with Gasteiger partial charge in [0.05, 0.1) is 24.7 Å². The predicted octanol–water partition coefficient (Wildman–Crippen LogP) is 3.18. The lowest BCUT2D eigenvalue weighted by Gasteiger charge is -2.06. The number of benzene rings is 1. The number of methoxy groups -OCH3 is 1. The van der Waals surface area contributed by atoms with Gasteiger partial charge in [0.15, 0.2) is 5.65 Å². The maximum absolute atomic E-state index is 12.8. The first-order valence-electron chi connectivity index (χ1n) is 8.93. The summed E-state index contributed by atoms with van der Waals surface area (Å²) >= 11 is 0. The van der Waals surface area contributed by atoms with Crippen LogP contribution in [0.3, 0.4) is 0 Å². The Bertz CT molecular complexity index is 1160. The summed E-state index contributed by atoms with van der Waals surface area (Å²) in [6.07, 6.45) is 5.18. The van der Waals surface area contributed by atoms with Gasteiger partial charge in [-0.3, -0.25) is 9.48 Å². The first-order valence-corrected chi connectivity index (χ1v) is 8.93.